The Balaban J connectivity index is 1.85. The molecule has 0 saturated heterocycles. The lowest BCUT2D eigenvalue weighted by molar-refractivity contribution is 0.770. The minimum Gasteiger partial charge on any atom is -0.275 e. The Kier molecular flexibility index (Phi) is 2.97. The highest BCUT2D eigenvalue weighted by molar-refractivity contribution is 5.88. The molecule has 0 aliphatic rings. The van der Waals surface area contributed by atoms with Crippen molar-refractivity contribution >= 4 is 10.9 Å². The van der Waals surface area contributed by atoms with E-state index in [1.54, 1.807) is 4.68 Å². The molecule has 4 aromatic rings. The van der Waals surface area contributed by atoms with E-state index in [1.165, 1.54) is 0 Å². The van der Waals surface area contributed by atoms with E-state index in [1.807, 2.05) is 38.4 Å². The van der Waals surface area contributed by atoms with E-state index < -0.39 is 0 Å². The third kappa shape index (κ3) is 2.38. The molecule has 4 rings (SSSR count). The van der Waals surface area contributed by atoms with Crippen LogP contribution in [0.25, 0.3) is 33.7 Å². The number of rotatable bonds is 2. The first-order valence-electron chi connectivity index (χ1n) is 7.41. The van der Waals surface area contributed by atoms with Gasteiger partial charge in [-0.25, -0.2) is 9.97 Å². The second kappa shape index (κ2) is 5.01. The van der Waals surface area contributed by atoms with Crippen LogP contribution in [0.4, 0.5) is 0 Å². The summed E-state index contributed by atoms with van der Waals surface area (Å²) in [5.41, 5.74) is 4.85. The molecule has 0 fully saturated rings. The van der Waals surface area contributed by atoms with E-state index in [2.05, 4.69) is 39.3 Å². The highest BCUT2D eigenvalue weighted by Gasteiger charge is 2.10. The number of hydrogen-bond donors (Lipinski definition) is 1. The van der Waals surface area contributed by atoms with Crippen molar-refractivity contribution in [3.8, 4) is 22.8 Å². The van der Waals surface area contributed by atoms with Gasteiger partial charge in [0.15, 0.2) is 5.82 Å². The minimum absolute atomic E-state index is 0.706. The SMILES string of the molecule is Cc1nc(-c2ccc3nc(-c4ccn(C)n4)cc(C)c3c2)n[nH]1. The van der Waals surface area contributed by atoms with Crippen LogP contribution in [0, 0.1) is 13.8 Å². The molecule has 23 heavy (non-hydrogen) atoms. The number of nitrogens with one attached hydrogen (secondary N) is 1. The molecular weight excluding hydrogens is 288 g/mol. The number of aryl methyl sites for hydroxylation is 3. The molecule has 0 saturated carbocycles. The molecule has 0 amide bonds. The van der Waals surface area contributed by atoms with Crippen LogP contribution in [-0.2, 0) is 7.05 Å². The van der Waals surface area contributed by atoms with Crippen molar-refractivity contribution in [2.75, 3.05) is 0 Å². The van der Waals surface area contributed by atoms with E-state index in [0.29, 0.717) is 5.82 Å². The highest BCUT2D eigenvalue weighted by atomic mass is 15.2. The van der Waals surface area contributed by atoms with E-state index in [0.717, 1.165) is 39.2 Å². The van der Waals surface area contributed by atoms with Gasteiger partial charge in [-0.05, 0) is 49.7 Å². The second-order valence-corrected chi connectivity index (χ2v) is 5.68. The number of hydrogen-bond acceptors (Lipinski definition) is 4. The summed E-state index contributed by atoms with van der Waals surface area (Å²) in [6.45, 7) is 3.98. The van der Waals surface area contributed by atoms with Crippen molar-refractivity contribution in [2.45, 2.75) is 13.8 Å². The average molecular weight is 304 g/mol. The fourth-order valence-electron chi connectivity index (χ4n) is 2.69. The van der Waals surface area contributed by atoms with Gasteiger partial charge in [0.05, 0.1) is 11.2 Å². The molecule has 1 N–H and O–H groups in total. The van der Waals surface area contributed by atoms with E-state index in [9.17, 15) is 0 Å². The number of aromatic amines is 1. The van der Waals surface area contributed by atoms with Crippen molar-refractivity contribution in [3.05, 3.63) is 47.9 Å². The molecule has 0 bridgehead atoms. The molecule has 1 aromatic carbocycles. The van der Waals surface area contributed by atoms with Crippen molar-refractivity contribution in [2.24, 2.45) is 7.05 Å². The summed E-state index contributed by atoms with van der Waals surface area (Å²) in [7, 11) is 1.91. The maximum atomic E-state index is 4.74. The third-order valence-corrected chi connectivity index (χ3v) is 3.85. The van der Waals surface area contributed by atoms with Crippen molar-refractivity contribution in [1.29, 1.82) is 0 Å². The molecule has 0 radical (unpaired) electrons. The zero-order chi connectivity index (χ0) is 16.0. The monoisotopic (exact) mass is 304 g/mol. The van der Waals surface area contributed by atoms with Crippen LogP contribution in [0.15, 0.2) is 36.5 Å². The number of pyridine rings is 1. The van der Waals surface area contributed by atoms with Crippen LogP contribution < -0.4 is 0 Å². The summed E-state index contributed by atoms with van der Waals surface area (Å²) in [6.07, 6.45) is 1.92. The summed E-state index contributed by atoms with van der Waals surface area (Å²) in [6, 6.07) is 10.1. The first-order chi connectivity index (χ1) is 11.1. The molecule has 0 aliphatic heterocycles. The number of H-pyrrole nitrogens is 1. The Labute approximate surface area is 133 Å². The van der Waals surface area contributed by atoms with E-state index in [-0.39, 0.29) is 0 Å². The van der Waals surface area contributed by atoms with Crippen LogP contribution in [0.2, 0.25) is 0 Å². The Morgan fingerprint density at radius 2 is 1.87 bits per heavy atom. The van der Waals surface area contributed by atoms with Gasteiger partial charge in [0.1, 0.15) is 11.5 Å². The van der Waals surface area contributed by atoms with Crippen LogP contribution in [-0.4, -0.2) is 29.9 Å². The zero-order valence-corrected chi connectivity index (χ0v) is 13.2. The van der Waals surface area contributed by atoms with Gasteiger partial charge in [0.2, 0.25) is 0 Å². The van der Waals surface area contributed by atoms with Crippen LogP contribution in [0.1, 0.15) is 11.4 Å². The molecule has 6 heteroatoms. The largest absolute Gasteiger partial charge is 0.275 e. The summed E-state index contributed by atoms with van der Waals surface area (Å²) in [5.74, 6) is 1.51. The fourth-order valence-corrected chi connectivity index (χ4v) is 2.69. The third-order valence-electron chi connectivity index (χ3n) is 3.85. The summed E-state index contributed by atoms with van der Waals surface area (Å²) in [5, 5.41) is 12.6. The molecule has 0 aliphatic carbocycles. The second-order valence-electron chi connectivity index (χ2n) is 5.68. The molecular formula is C17H16N6. The summed E-state index contributed by atoms with van der Waals surface area (Å²) >= 11 is 0. The Bertz CT molecular complexity index is 1010. The number of benzene rings is 1. The van der Waals surface area contributed by atoms with Crippen molar-refractivity contribution < 1.29 is 0 Å². The van der Waals surface area contributed by atoms with E-state index >= 15 is 0 Å². The smallest absolute Gasteiger partial charge is 0.181 e. The molecule has 0 atom stereocenters. The summed E-state index contributed by atoms with van der Waals surface area (Å²) in [4.78, 5) is 9.12. The lowest BCUT2D eigenvalue weighted by atomic mass is 10.0. The van der Waals surface area contributed by atoms with Gasteiger partial charge < -0.3 is 0 Å². The first kappa shape index (κ1) is 13.6. The molecule has 6 nitrogen and oxygen atoms in total. The van der Waals surface area contributed by atoms with Gasteiger partial charge in [0, 0.05) is 24.2 Å². The van der Waals surface area contributed by atoms with Gasteiger partial charge in [-0.2, -0.15) is 10.2 Å². The normalized spacial score (nSPS) is 11.3. The van der Waals surface area contributed by atoms with Gasteiger partial charge in [-0.15, -0.1) is 0 Å². The average Bonchev–Trinajstić information content (AvgIpc) is 3.15. The maximum absolute atomic E-state index is 4.74. The molecule has 114 valence electrons. The lowest BCUT2D eigenvalue weighted by Gasteiger charge is -2.06. The molecule has 3 heterocycles. The topological polar surface area (TPSA) is 72.3 Å². The van der Waals surface area contributed by atoms with Gasteiger partial charge in [-0.3, -0.25) is 9.78 Å². The molecule has 0 unspecified atom stereocenters. The van der Waals surface area contributed by atoms with Gasteiger partial charge in [-0.1, -0.05) is 0 Å². The van der Waals surface area contributed by atoms with Gasteiger partial charge >= 0.3 is 0 Å². The maximum Gasteiger partial charge on any atom is 0.181 e. The summed E-state index contributed by atoms with van der Waals surface area (Å²) < 4.78 is 1.78. The lowest BCUT2D eigenvalue weighted by Crippen LogP contribution is -1.92. The Hall–Kier alpha value is -3.02. The number of aromatic nitrogens is 6. The Morgan fingerprint density at radius 3 is 2.57 bits per heavy atom. The van der Waals surface area contributed by atoms with Crippen LogP contribution in [0.5, 0.6) is 0 Å². The predicted octanol–water partition coefficient (Wildman–Crippen LogP) is 3.04. The standard InChI is InChI=1S/C17H16N6/c1-10-8-16(15-6-7-23(3)22-15)19-14-5-4-12(9-13(10)14)17-18-11(2)20-21-17/h4-9H,1-3H3,(H,18,20,21). The van der Waals surface area contributed by atoms with Crippen molar-refractivity contribution in [3.63, 3.8) is 0 Å². The first-order valence-corrected chi connectivity index (χ1v) is 7.41. The minimum atomic E-state index is 0.706. The highest BCUT2D eigenvalue weighted by Crippen LogP contribution is 2.26. The quantitative estimate of drug-likeness (QED) is 0.618. The molecule has 0 spiro atoms. The Morgan fingerprint density at radius 1 is 1.00 bits per heavy atom. The van der Waals surface area contributed by atoms with Crippen LogP contribution >= 0.6 is 0 Å². The van der Waals surface area contributed by atoms with Crippen molar-refractivity contribution in [1.82, 2.24) is 29.9 Å². The fraction of sp³-hybridized carbons (Fsp3) is 0.176. The van der Waals surface area contributed by atoms with Crippen LogP contribution in [0.3, 0.4) is 0 Å². The zero-order valence-electron chi connectivity index (χ0n) is 13.2. The number of fused-ring (bicyclic) bond motifs is 1. The number of nitrogens with zero attached hydrogens (tertiary/aromatic N) is 5. The van der Waals surface area contributed by atoms with Gasteiger partial charge in [0.25, 0.3) is 0 Å². The van der Waals surface area contributed by atoms with E-state index in [4.69, 9.17) is 4.98 Å². The molecule has 3 aromatic heterocycles. The predicted molar refractivity (Wildman–Crippen MR) is 88.8 cm³/mol.